The van der Waals surface area contributed by atoms with E-state index in [4.69, 9.17) is 9.40 Å². The molecule has 6 heteroatoms. The van der Waals surface area contributed by atoms with Crippen LogP contribution in [0.5, 0.6) is 0 Å². The molecule has 8 rings (SSSR count). The van der Waals surface area contributed by atoms with Crippen molar-refractivity contribution in [3.63, 3.8) is 0 Å². The molecule has 3 nitrogen and oxygen atoms in total. The Labute approximate surface area is 307 Å². The van der Waals surface area contributed by atoms with Gasteiger partial charge < -0.3 is 4.42 Å². The van der Waals surface area contributed by atoms with Crippen molar-refractivity contribution in [2.24, 2.45) is 0 Å². The summed E-state index contributed by atoms with van der Waals surface area (Å²) in [6, 6.07) is 42.7. The highest BCUT2D eigenvalue weighted by atomic mass is 19.4. The summed E-state index contributed by atoms with van der Waals surface area (Å²) in [5, 5.41) is 1.59. The Balaban J connectivity index is 1.35. The number of furan rings is 1. The van der Waals surface area contributed by atoms with Crippen molar-refractivity contribution in [2.45, 2.75) is 65.0 Å². The summed E-state index contributed by atoms with van der Waals surface area (Å²) in [5.74, 6) is 1.07. The Bertz CT molecular complexity index is 2600. The van der Waals surface area contributed by atoms with E-state index in [9.17, 15) is 13.2 Å². The SMILES string of the molecule is CC(C)c1cc(-c2ccc(-c3ccccc3)cc2)cc(C(C)C)c1-n1c(-c2cccc3c2oc2cc(C(C)(C)C(F)(F)F)ccc23)nc2ccccc21. The number of rotatable bonds is 7. The van der Waals surface area contributed by atoms with Crippen LogP contribution in [0.4, 0.5) is 13.2 Å². The van der Waals surface area contributed by atoms with E-state index >= 15 is 0 Å². The molecule has 0 saturated carbocycles. The molecule has 0 atom stereocenters. The maximum absolute atomic E-state index is 14.1. The second-order valence-corrected chi connectivity index (χ2v) is 15.1. The van der Waals surface area contributed by atoms with Gasteiger partial charge in [-0.3, -0.25) is 4.57 Å². The zero-order chi connectivity index (χ0) is 37.2. The van der Waals surface area contributed by atoms with Crippen molar-refractivity contribution < 1.29 is 17.6 Å². The van der Waals surface area contributed by atoms with E-state index in [1.54, 1.807) is 12.1 Å². The van der Waals surface area contributed by atoms with Gasteiger partial charge in [-0.1, -0.05) is 119 Å². The van der Waals surface area contributed by atoms with Crippen molar-refractivity contribution in [3.8, 4) is 39.3 Å². The molecule has 266 valence electrons. The first-order valence-electron chi connectivity index (χ1n) is 18.2. The van der Waals surface area contributed by atoms with Crippen LogP contribution in [0, 0.1) is 0 Å². The van der Waals surface area contributed by atoms with Crippen molar-refractivity contribution >= 4 is 33.0 Å². The fraction of sp³-hybridized carbons (Fsp3) is 0.213. The minimum Gasteiger partial charge on any atom is -0.455 e. The maximum atomic E-state index is 14.1. The number of hydrogen-bond acceptors (Lipinski definition) is 2. The number of fused-ring (bicyclic) bond motifs is 4. The number of para-hydroxylation sites is 3. The van der Waals surface area contributed by atoms with Gasteiger partial charge in [-0.2, -0.15) is 13.2 Å². The monoisotopic (exact) mass is 706 g/mol. The van der Waals surface area contributed by atoms with Crippen LogP contribution < -0.4 is 0 Å². The number of halogens is 3. The highest BCUT2D eigenvalue weighted by Crippen LogP contribution is 2.45. The largest absolute Gasteiger partial charge is 0.455 e. The Hall–Kier alpha value is -5.62. The summed E-state index contributed by atoms with van der Waals surface area (Å²) in [6.45, 7) is 11.3. The van der Waals surface area contributed by atoms with E-state index < -0.39 is 11.6 Å². The molecule has 8 aromatic rings. The van der Waals surface area contributed by atoms with Gasteiger partial charge in [-0.15, -0.1) is 0 Å². The van der Waals surface area contributed by atoms with Gasteiger partial charge in [0, 0.05) is 10.8 Å². The van der Waals surface area contributed by atoms with Gasteiger partial charge in [0.2, 0.25) is 0 Å². The lowest BCUT2D eigenvalue weighted by Gasteiger charge is -2.28. The molecular weight excluding hydrogens is 666 g/mol. The predicted molar refractivity (Wildman–Crippen MR) is 212 cm³/mol. The second-order valence-electron chi connectivity index (χ2n) is 15.1. The van der Waals surface area contributed by atoms with Crippen LogP contribution >= 0.6 is 0 Å². The number of hydrogen-bond donors (Lipinski definition) is 0. The molecule has 0 aliphatic carbocycles. The predicted octanol–water partition coefficient (Wildman–Crippen LogP) is 14.0. The first-order chi connectivity index (χ1) is 25.3. The number of imidazole rings is 1. The number of alkyl halides is 3. The average molecular weight is 707 g/mol. The van der Waals surface area contributed by atoms with Gasteiger partial charge in [0.05, 0.1) is 27.7 Å². The zero-order valence-corrected chi connectivity index (χ0v) is 30.7. The molecule has 2 aromatic heterocycles. The van der Waals surface area contributed by atoms with E-state index in [1.165, 1.54) is 42.2 Å². The Kier molecular flexibility index (Phi) is 8.32. The molecule has 2 heterocycles. The molecule has 0 fully saturated rings. The normalized spacial score (nSPS) is 12.6. The van der Waals surface area contributed by atoms with E-state index in [0.29, 0.717) is 11.2 Å². The van der Waals surface area contributed by atoms with Crippen LogP contribution in [0.1, 0.15) is 70.1 Å². The smallest absolute Gasteiger partial charge is 0.397 e. The zero-order valence-electron chi connectivity index (χ0n) is 30.7. The summed E-state index contributed by atoms with van der Waals surface area (Å²) in [4.78, 5) is 5.24. The van der Waals surface area contributed by atoms with Gasteiger partial charge in [-0.25, -0.2) is 4.98 Å². The fourth-order valence-electron chi connectivity index (χ4n) is 7.43. The summed E-state index contributed by atoms with van der Waals surface area (Å²) in [6.07, 6.45) is -4.41. The van der Waals surface area contributed by atoms with Gasteiger partial charge in [0.1, 0.15) is 17.0 Å². The Morgan fingerprint density at radius 1 is 0.604 bits per heavy atom. The lowest BCUT2D eigenvalue weighted by atomic mass is 9.83. The fourth-order valence-corrected chi connectivity index (χ4v) is 7.43. The van der Waals surface area contributed by atoms with Gasteiger partial charge in [-0.05, 0) is 101 Å². The van der Waals surface area contributed by atoms with Crippen molar-refractivity contribution in [3.05, 3.63) is 144 Å². The standard InChI is InChI=1S/C47H41F3N2O/c1-28(2)38-25-33(32-21-19-31(20-22-32)30-13-8-7-9-14-30)26-39(29(3)4)43(38)52-41-18-11-10-17-40(41)51-45(52)37-16-12-15-36-35-24-23-34(27-42(35)53-44(36)37)46(5,6)47(48,49)50/h7-29H,1-6H3. The van der Waals surface area contributed by atoms with Crippen LogP contribution in [0.2, 0.25) is 0 Å². The summed E-state index contributed by atoms with van der Waals surface area (Å²) in [5.41, 5.74) is 9.85. The molecule has 0 radical (unpaired) electrons. The molecule has 0 unspecified atom stereocenters. The Morgan fingerprint density at radius 3 is 1.85 bits per heavy atom. The molecular formula is C47H41F3N2O. The van der Waals surface area contributed by atoms with Gasteiger partial charge in [0.25, 0.3) is 0 Å². The third kappa shape index (κ3) is 5.81. The average Bonchev–Trinajstić information content (AvgIpc) is 3.72. The summed E-state index contributed by atoms with van der Waals surface area (Å²) in [7, 11) is 0. The lowest BCUT2D eigenvalue weighted by Crippen LogP contribution is -2.36. The molecule has 53 heavy (non-hydrogen) atoms. The van der Waals surface area contributed by atoms with E-state index in [-0.39, 0.29) is 17.4 Å². The van der Waals surface area contributed by atoms with Gasteiger partial charge >= 0.3 is 6.18 Å². The molecule has 0 saturated heterocycles. The van der Waals surface area contributed by atoms with Crippen LogP contribution in [0.25, 0.3) is 72.3 Å². The van der Waals surface area contributed by atoms with E-state index in [2.05, 4.69) is 99.0 Å². The third-order valence-corrected chi connectivity index (χ3v) is 10.7. The minimum absolute atomic E-state index is 0.156. The second kappa shape index (κ2) is 12.8. The lowest BCUT2D eigenvalue weighted by molar-refractivity contribution is -0.180. The van der Waals surface area contributed by atoms with Crippen molar-refractivity contribution in [2.75, 3.05) is 0 Å². The van der Waals surface area contributed by atoms with Crippen molar-refractivity contribution in [1.82, 2.24) is 9.55 Å². The highest BCUT2D eigenvalue weighted by molar-refractivity contribution is 6.09. The number of benzene rings is 6. The first kappa shape index (κ1) is 34.5. The van der Waals surface area contributed by atoms with Crippen LogP contribution in [0.15, 0.2) is 132 Å². The molecule has 0 aliphatic heterocycles. The molecule has 0 amide bonds. The molecule has 0 bridgehead atoms. The number of nitrogens with zero attached hydrogens (tertiary/aromatic N) is 2. The minimum atomic E-state index is -4.41. The Morgan fingerprint density at radius 2 is 1.21 bits per heavy atom. The van der Waals surface area contributed by atoms with Crippen LogP contribution in [-0.4, -0.2) is 15.7 Å². The maximum Gasteiger partial charge on any atom is 0.397 e. The summed E-state index contributed by atoms with van der Waals surface area (Å²) >= 11 is 0. The first-order valence-corrected chi connectivity index (χ1v) is 18.2. The third-order valence-electron chi connectivity index (χ3n) is 10.7. The summed E-state index contributed by atoms with van der Waals surface area (Å²) < 4.78 is 51.0. The topological polar surface area (TPSA) is 31.0 Å². The molecule has 6 aromatic carbocycles. The molecule has 0 spiro atoms. The van der Waals surface area contributed by atoms with E-state index in [0.717, 1.165) is 50.0 Å². The molecule has 0 N–H and O–H groups in total. The van der Waals surface area contributed by atoms with Crippen LogP contribution in [-0.2, 0) is 5.41 Å². The van der Waals surface area contributed by atoms with Crippen molar-refractivity contribution in [1.29, 1.82) is 0 Å². The number of aromatic nitrogens is 2. The van der Waals surface area contributed by atoms with E-state index in [1.807, 2.05) is 42.5 Å². The molecule has 0 aliphatic rings. The quantitative estimate of drug-likeness (QED) is 0.165. The van der Waals surface area contributed by atoms with Gasteiger partial charge in [0.15, 0.2) is 0 Å². The highest BCUT2D eigenvalue weighted by Gasteiger charge is 2.48. The van der Waals surface area contributed by atoms with Crippen LogP contribution in [0.3, 0.4) is 0 Å².